The molecule has 1 aliphatic carbocycles. The molecule has 2 fully saturated rings. The van der Waals surface area contributed by atoms with Crippen LogP contribution in [0.3, 0.4) is 0 Å². The Morgan fingerprint density at radius 1 is 1.44 bits per heavy atom. The molecule has 0 spiro atoms. The van der Waals surface area contributed by atoms with Crippen LogP contribution in [0.4, 0.5) is 0 Å². The van der Waals surface area contributed by atoms with E-state index < -0.39 is 0 Å². The van der Waals surface area contributed by atoms with Crippen LogP contribution in [0.2, 0.25) is 0 Å². The smallest absolute Gasteiger partial charge is 0.230 e. The third-order valence-corrected chi connectivity index (χ3v) is 4.79. The fraction of sp³-hybridized carbons (Fsp3) is 0.833. The molecule has 2 heterocycles. The van der Waals surface area contributed by atoms with Crippen LogP contribution < -0.4 is 5.73 Å². The number of hydrogen-bond donors (Lipinski definition) is 1. The lowest BCUT2D eigenvalue weighted by molar-refractivity contribution is -0.00549. The second kappa shape index (κ2) is 5.59. The first-order chi connectivity index (χ1) is 8.83. The predicted octanol–water partition coefficient (Wildman–Crippen LogP) is 1.86. The van der Waals surface area contributed by atoms with Gasteiger partial charge in [0.25, 0.3) is 0 Å². The third-order valence-electron chi connectivity index (χ3n) is 3.63. The Kier molecular flexibility index (Phi) is 3.86. The predicted molar refractivity (Wildman–Crippen MR) is 69.5 cm³/mol. The largest absolute Gasteiger partial charge is 0.376 e. The normalized spacial score (nSPS) is 26.2. The van der Waals surface area contributed by atoms with Crippen molar-refractivity contribution in [1.29, 1.82) is 0 Å². The molecule has 6 heteroatoms. The van der Waals surface area contributed by atoms with E-state index in [1.165, 1.54) is 12.2 Å². The first kappa shape index (κ1) is 12.4. The third kappa shape index (κ3) is 2.70. The molecule has 1 aliphatic heterocycles. The van der Waals surface area contributed by atoms with Gasteiger partial charge in [0.15, 0.2) is 5.82 Å². The molecule has 0 radical (unpaired) electrons. The van der Waals surface area contributed by atoms with E-state index in [4.69, 9.17) is 15.0 Å². The number of hydrogen-bond acceptors (Lipinski definition) is 6. The molecule has 100 valence electrons. The summed E-state index contributed by atoms with van der Waals surface area (Å²) in [6, 6.07) is -0.267. The van der Waals surface area contributed by atoms with Crippen LogP contribution in [0.1, 0.15) is 49.4 Å². The molecule has 1 saturated carbocycles. The van der Waals surface area contributed by atoms with Crippen LogP contribution in [-0.2, 0) is 4.74 Å². The highest BCUT2D eigenvalue weighted by atomic mass is 32.2. The van der Waals surface area contributed by atoms with Crippen molar-refractivity contribution >= 4 is 11.8 Å². The number of nitrogens with zero attached hydrogens (tertiary/aromatic N) is 2. The van der Waals surface area contributed by atoms with E-state index in [1.807, 2.05) is 11.8 Å². The minimum Gasteiger partial charge on any atom is -0.376 e. The maximum absolute atomic E-state index is 6.02. The van der Waals surface area contributed by atoms with Gasteiger partial charge in [0.2, 0.25) is 5.89 Å². The Morgan fingerprint density at radius 3 is 3.00 bits per heavy atom. The van der Waals surface area contributed by atoms with Gasteiger partial charge in [-0.1, -0.05) is 5.16 Å². The average Bonchev–Trinajstić information content (AvgIpc) is 2.97. The zero-order valence-corrected chi connectivity index (χ0v) is 11.2. The van der Waals surface area contributed by atoms with E-state index in [0.29, 0.717) is 24.5 Å². The Hall–Kier alpha value is -0.590. The lowest BCUT2D eigenvalue weighted by Crippen LogP contribution is -2.27. The first-order valence-corrected chi connectivity index (χ1v) is 7.77. The van der Waals surface area contributed by atoms with Gasteiger partial charge in [0.1, 0.15) is 0 Å². The van der Waals surface area contributed by atoms with Crippen molar-refractivity contribution in [2.45, 2.75) is 43.7 Å². The second-order valence-electron chi connectivity index (χ2n) is 5.04. The zero-order valence-electron chi connectivity index (χ0n) is 10.4. The van der Waals surface area contributed by atoms with Crippen molar-refractivity contribution in [3.05, 3.63) is 11.7 Å². The summed E-state index contributed by atoms with van der Waals surface area (Å²) in [5.74, 6) is 4.00. The van der Waals surface area contributed by atoms with Crippen molar-refractivity contribution in [3.8, 4) is 0 Å². The fourth-order valence-electron chi connectivity index (χ4n) is 2.14. The van der Waals surface area contributed by atoms with Crippen LogP contribution in [0.5, 0.6) is 0 Å². The van der Waals surface area contributed by atoms with E-state index >= 15 is 0 Å². The van der Waals surface area contributed by atoms with Crippen LogP contribution in [0, 0.1) is 0 Å². The van der Waals surface area contributed by atoms with E-state index in [-0.39, 0.29) is 6.04 Å². The fourth-order valence-corrected chi connectivity index (χ4v) is 3.36. The summed E-state index contributed by atoms with van der Waals surface area (Å²) in [7, 11) is 0. The molecule has 2 atom stereocenters. The van der Waals surface area contributed by atoms with Crippen LogP contribution >= 0.6 is 11.8 Å². The molecular formula is C12H19N3O2S. The number of aromatic nitrogens is 2. The number of rotatable bonds is 5. The number of ether oxygens (including phenoxy) is 1. The van der Waals surface area contributed by atoms with Gasteiger partial charge in [-0.05, 0) is 31.4 Å². The Labute approximate surface area is 111 Å². The molecule has 18 heavy (non-hydrogen) atoms. The molecule has 3 rings (SSSR count). The molecule has 0 amide bonds. The van der Waals surface area contributed by atoms with Crippen LogP contribution in [-0.4, -0.2) is 34.4 Å². The maximum atomic E-state index is 6.02. The second-order valence-corrected chi connectivity index (χ2v) is 6.19. The Balaban J connectivity index is 1.54. The molecule has 2 N–H and O–H groups in total. The Morgan fingerprint density at radius 2 is 2.33 bits per heavy atom. The molecule has 0 aromatic carbocycles. The molecule has 5 nitrogen and oxygen atoms in total. The zero-order chi connectivity index (χ0) is 12.4. The number of thioether (sulfide) groups is 1. The van der Waals surface area contributed by atoms with Gasteiger partial charge in [-0.25, -0.2) is 0 Å². The summed E-state index contributed by atoms with van der Waals surface area (Å²) in [6.45, 7) is 0.489. The van der Waals surface area contributed by atoms with Gasteiger partial charge in [-0.3, -0.25) is 0 Å². The molecular weight excluding hydrogens is 250 g/mol. The van der Waals surface area contributed by atoms with E-state index in [9.17, 15) is 0 Å². The van der Waals surface area contributed by atoms with Crippen molar-refractivity contribution in [2.24, 2.45) is 5.73 Å². The molecule has 1 saturated heterocycles. The van der Waals surface area contributed by atoms with E-state index in [1.54, 1.807) is 0 Å². The summed E-state index contributed by atoms with van der Waals surface area (Å²) in [5, 5.41) is 3.98. The summed E-state index contributed by atoms with van der Waals surface area (Å²) in [6.07, 6.45) is 5.10. The topological polar surface area (TPSA) is 74.2 Å². The summed E-state index contributed by atoms with van der Waals surface area (Å²) < 4.78 is 11.0. The highest BCUT2D eigenvalue weighted by Crippen LogP contribution is 2.31. The van der Waals surface area contributed by atoms with Gasteiger partial charge in [-0.2, -0.15) is 16.7 Å². The molecule has 1 aromatic heterocycles. The van der Waals surface area contributed by atoms with Crippen molar-refractivity contribution in [3.63, 3.8) is 0 Å². The highest BCUT2D eigenvalue weighted by Gasteiger charge is 2.26. The SMILES string of the molecule is NC(COC1CCC1)c1noc(C2CCSC2)n1. The van der Waals surface area contributed by atoms with Crippen molar-refractivity contribution in [2.75, 3.05) is 18.1 Å². The highest BCUT2D eigenvalue weighted by molar-refractivity contribution is 7.99. The van der Waals surface area contributed by atoms with Gasteiger partial charge < -0.3 is 15.0 Å². The summed E-state index contributed by atoms with van der Waals surface area (Å²) >= 11 is 1.94. The van der Waals surface area contributed by atoms with Crippen LogP contribution in [0.25, 0.3) is 0 Å². The molecule has 1 aromatic rings. The van der Waals surface area contributed by atoms with Crippen molar-refractivity contribution < 1.29 is 9.26 Å². The minimum atomic E-state index is -0.267. The van der Waals surface area contributed by atoms with E-state index in [0.717, 1.165) is 30.9 Å². The first-order valence-electron chi connectivity index (χ1n) is 6.61. The molecule has 2 unspecified atom stereocenters. The number of nitrogens with two attached hydrogens (primary N) is 1. The minimum absolute atomic E-state index is 0.267. The monoisotopic (exact) mass is 269 g/mol. The maximum Gasteiger partial charge on any atom is 0.230 e. The van der Waals surface area contributed by atoms with Gasteiger partial charge in [-0.15, -0.1) is 0 Å². The standard InChI is InChI=1S/C12H19N3O2S/c13-10(6-16-9-2-1-3-9)11-14-12(17-15-11)8-4-5-18-7-8/h8-10H,1-7,13H2. The van der Waals surface area contributed by atoms with Gasteiger partial charge in [0.05, 0.1) is 18.8 Å². The van der Waals surface area contributed by atoms with Gasteiger partial charge >= 0.3 is 0 Å². The summed E-state index contributed by atoms with van der Waals surface area (Å²) in [4.78, 5) is 4.42. The lowest BCUT2D eigenvalue weighted by Gasteiger charge is -2.26. The van der Waals surface area contributed by atoms with Crippen molar-refractivity contribution in [1.82, 2.24) is 10.1 Å². The molecule has 0 bridgehead atoms. The van der Waals surface area contributed by atoms with Gasteiger partial charge in [0, 0.05) is 11.7 Å². The molecule has 2 aliphatic rings. The average molecular weight is 269 g/mol. The quantitative estimate of drug-likeness (QED) is 0.879. The lowest BCUT2D eigenvalue weighted by atomic mass is 9.96. The van der Waals surface area contributed by atoms with Crippen LogP contribution in [0.15, 0.2) is 4.52 Å². The van der Waals surface area contributed by atoms with E-state index in [2.05, 4.69) is 10.1 Å². The Bertz CT molecular complexity index is 388. The summed E-state index contributed by atoms with van der Waals surface area (Å²) in [5.41, 5.74) is 6.02.